The first-order valence-corrected chi connectivity index (χ1v) is 6.47. The van der Waals surface area contributed by atoms with Gasteiger partial charge in [-0.05, 0) is 36.8 Å². The van der Waals surface area contributed by atoms with Crippen molar-refractivity contribution >= 4 is 28.7 Å². The zero-order valence-electron chi connectivity index (χ0n) is 11.7. The number of nitrogen functional groups attached to an aromatic ring is 1. The summed E-state index contributed by atoms with van der Waals surface area (Å²) in [5.41, 5.74) is 9.14. The highest BCUT2D eigenvalue weighted by Gasteiger charge is 2.07. The van der Waals surface area contributed by atoms with Crippen LogP contribution in [0.25, 0.3) is 0 Å². The van der Waals surface area contributed by atoms with Crippen LogP contribution in [-0.4, -0.2) is 14.2 Å². The number of nitrogens with two attached hydrogens (primary N) is 1. The van der Waals surface area contributed by atoms with Gasteiger partial charge in [0.2, 0.25) is 0 Å². The first-order valence-electron chi connectivity index (χ1n) is 6.10. The van der Waals surface area contributed by atoms with E-state index in [0.29, 0.717) is 22.2 Å². The van der Waals surface area contributed by atoms with Crippen LogP contribution in [0.15, 0.2) is 30.3 Å². The first-order chi connectivity index (χ1) is 9.55. The van der Waals surface area contributed by atoms with Crippen molar-refractivity contribution < 1.29 is 9.47 Å². The lowest BCUT2D eigenvalue weighted by Crippen LogP contribution is -1.97. The Hall–Kier alpha value is -2.07. The number of nitrogens with one attached hydrogen (secondary N) is 1. The maximum Gasteiger partial charge on any atom is 0.162 e. The molecule has 0 aliphatic carbocycles. The lowest BCUT2D eigenvalue weighted by Gasteiger charge is -2.14. The van der Waals surface area contributed by atoms with Crippen LogP contribution < -0.4 is 20.5 Å². The van der Waals surface area contributed by atoms with Crippen molar-refractivity contribution in [2.45, 2.75) is 6.92 Å². The molecule has 0 saturated carbocycles. The number of anilines is 3. The predicted molar refractivity (Wildman–Crippen MR) is 83.4 cm³/mol. The standard InChI is InChI=1S/C15H17ClN2O2/c1-9-6-12(17)11(16)8-13(9)18-10-4-5-14(19-2)15(7-10)20-3/h4-8,18H,17H2,1-3H3. The third-order valence-electron chi connectivity index (χ3n) is 3.01. The van der Waals surface area contributed by atoms with E-state index in [4.69, 9.17) is 26.8 Å². The molecule has 0 fully saturated rings. The zero-order chi connectivity index (χ0) is 14.7. The summed E-state index contributed by atoms with van der Waals surface area (Å²) in [6.45, 7) is 1.97. The third-order valence-corrected chi connectivity index (χ3v) is 3.33. The average Bonchev–Trinajstić information content (AvgIpc) is 2.44. The number of benzene rings is 2. The van der Waals surface area contributed by atoms with Gasteiger partial charge >= 0.3 is 0 Å². The van der Waals surface area contributed by atoms with Gasteiger partial charge in [0.05, 0.1) is 24.9 Å². The Morgan fingerprint density at radius 3 is 2.40 bits per heavy atom. The van der Waals surface area contributed by atoms with E-state index >= 15 is 0 Å². The van der Waals surface area contributed by atoms with Crippen LogP contribution >= 0.6 is 11.6 Å². The van der Waals surface area contributed by atoms with E-state index in [1.54, 1.807) is 14.2 Å². The van der Waals surface area contributed by atoms with E-state index in [1.807, 2.05) is 37.3 Å². The predicted octanol–water partition coefficient (Wildman–Crippen LogP) is 3.99. The molecule has 106 valence electrons. The van der Waals surface area contributed by atoms with Crippen molar-refractivity contribution in [1.29, 1.82) is 0 Å². The largest absolute Gasteiger partial charge is 0.493 e. The van der Waals surface area contributed by atoms with Crippen LogP contribution in [0, 0.1) is 6.92 Å². The lowest BCUT2D eigenvalue weighted by atomic mass is 10.1. The minimum Gasteiger partial charge on any atom is -0.493 e. The molecule has 2 rings (SSSR count). The molecule has 5 heteroatoms. The maximum atomic E-state index is 6.05. The van der Waals surface area contributed by atoms with Gasteiger partial charge in [0.15, 0.2) is 11.5 Å². The summed E-state index contributed by atoms with van der Waals surface area (Å²) in [6.07, 6.45) is 0. The average molecular weight is 293 g/mol. The Morgan fingerprint density at radius 2 is 1.75 bits per heavy atom. The quantitative estimate of drug-likeness (QED) is 0.837. The fourth-order valence-corrected chi connectivity index (χ4v) is 2.07. The van der Waals surface area contributed by atoms with Crippen LogP contribution in [0.1, 0.15) is 5.56 Å². The Labute approximate surface area is 123 Å². The van der Waals surface area contributed by atoms with Crippen molar-refractivity contribution in [2.24, 2.45) is 0 Å². The van der Waals surface area contributed by atoms with Gasteiger partial charge in [-0.25, -0.2) is 0 Å². The molecule has 0 atom stereocenters. The summed E-state index contributed by atoms with van der Waals surface area (Å²) in [5.74, 6) is 1.35. The highest BCUT2D eigenvalue weighted by Crippen LogP contribution is 2.33. The van der Waals surface area contributed by atoms with E-state index in [0.717, 1.165) is 16.9 Å². The number of hydrogen-bond donors (Lipinski definition) is 2. The van der Waals surface area contributed by atoms with Gasteiger partial charge in [-0.3, -0.25) is 0 Å². The van der Waals surface area contributed by atoms with Crippen LogP contribution in [0.4, 0.5) is 17.1 Å². The number of methoxy groups -OCH3 is 2. The highest BCUT2D eigenvalue weighted by atomic mass is 35.5. The zero-order valence-corrected chi connectivity index (χ0v) is 12.4. The molecule has 2 aromatic rings. The molecule has 4 nitrogen and oxygen atoms in total. The number of hydrogen-bond acceptors (Lipinski definition) is 4. The normalized spacial score (nSPS) is 10.2. The van der Waals surface area contributed by atoms with Gasteiger partial charge in [-0.1, -0.05) is 11.6 Å². The number of aryl methyl sites for hydroxylation is 1. The summed E-state index contributed by atoms with van der Waals surface area (Å²) in [7, 11) is 3.21. The Kier molecular flexibility index (Phi) is 4.25. The second kappa shape index (κ2) is 5.92. The molecule has 20 heavy (non-hydrogen) atoms. The molecule has 0 unspecified atom stereocenters. The first kappa shape index (κ1) is 14.3. The summed E-state index contributed by atoms with van der Waals surface area (Å²) >= 11 is 6.05. The van der Waals surface area contributed by atoms with Gasteiger partial charge in [0, 0.05) is 17.4 Å². The van der Waals surface area contributed by atoms with Crippen LogP contribution in [0.2, 0.25) is 5.02 Å². The number of halogens is 1. The van der Waals surface area contributed by atoms with Gasteiger partial charge < -0.3 is 20.5 Å². The second-order valence-electron chi connectivity index (χ2n) is 4.38. The number of rotatable bonds is 4. The van der Waals surface area contributed by atoms with Crippen molar-refractivity contribution in [1.82, 2.24) is 0 Å². The van der Waals surface area contributed by atoms with Crippen molar-refractivity contribution in [3.05, 3.63) is 40.9 Å². The van der Waals surface area contributed by atoms with E-state index in [2.05, 4.69) is 5.32 Å². The molecule has 3 N–H and O–H groups in total. The SMILES string of the molecule is COc1ccc(Nc2cc(Cl)c(N)cc2C)cc1OC. The molecule has 0 aliphatic heterocycles. The summed E-state index contributed by atoms with van der Waals surface area (Å²) < 4.78 is 10.5. The van der Waals surface area contributed by atoms with E-state index in [1.165, 1.54) is 0 Å². The molecule has 2 aromatic carbocycles. The van der Waals surface area contributed by atoms with Gasteiger partial charge in [-0.15, -0.1) is 0 Å². The molecule has 0 radical (unpaired) electrons. The highest BCUT2D eigenvalue weighted by molar-refractivity contribution is 6.33. The minimum atomic E-state index is 0.526. The van der Waals surface area contributed by atoms with E-state index < -0.39 is 0 Å². The fraction of sp³-hybridized carbons (Fsp3) is 0.200. The minimum absolute atomic E-state index is 0.526. The van der Waals surface area contributed by atoms with Crippen LogP contribution in [-0.2, 0) is 0 Å². The molecular weight excluding hydrogens is 276 g/mol. The van der Waals surface area contributed by atoms with E-state index in [9.17, 15) is 0 Å². The Balaban J connectivity index is 2.33. The van der Waals surface area contributed by atoms with Crippen molar-refractivity contribution in [3.8, 4) is 11.5 Å². The molecule has 0 heterocycles. The molecule has 0 spiro atoms. The fourth-order valence-electron chi connectivity index (χ4n) is 1.91. The lowest BCUT2D eigenvalue weighted by molar-refractivity contribution is 0.355. The molecule has 0 aliphatic rings. The molecule has 0 saturated heterocycles. The monoisotopic (exact) mass is 292 g/mol. The van der Waals surface area contributed by atoms with Gasteiger partial charge in [-0.2, -0.15) is 0 Å². The van der Waals surface area contributed by atoms with Crippen molar-refractivity contribution in [2.75, 3.05) is 25.3 Å². The van der Waals surface area contributed by atoms with Crippen LogP contribution in [0.5, 0.6) is 11.5 Å². The van der Waals surface area contributed by atoms with Crippen LogP contribution in [0.3, 0.4) is 0 Å². The summed E-state index contributed by atoms with van der Waals surface area (Å²) in [4.78, 5) is 0. The topological polar surface area (TPSA) is 56.5 Å². The Morgan fingerprint density at radius 1 is 1.05 bits per heavy atom. The molecular formula is C15H17ClN2O2. The van der Waals surface area contributed by atoms with Gasteiger partial charge in [0.25, 0.3) is 0 Å². The Bertz CT molecular complexity index is 630. The smallest absolute Gasteiger partial charge is 0.162 e. The number of ether oxygens (including phenoxy) is 2. The third kappa shape index (κ3) is 2.91. The van der Waals surface area contributed by atoms with Crippen molar-refractivity contribution in [3.63, 3.8) is 0 Å². The summed E-state index contributed by atoms with van der Waals surface area (Å²) in [6, 6.07) is 9.26. The van der Waals surface area contributed by atoms with Gasteiger partial charge in [0.1, 0.15) is 0 Å². The summed E-state index contributed by atoms with van der Waals surface area (Å²) in [5, 5.41) is 3.82. The van der Waals surface area contributed by atoms with E-state index in [-0.39, 0.29) is 0 Å². The molecule has 0 amide bonds. The maximum absolute atomic E-state index is 6.05. The molecule has 0 aromatic heterocycles. The molecule has 0 bridgehead atoms. The second-order valence-corrected chi connectivity index (χ2v) is 4.79.